The van der Waals surface area contributed by atoms with Crippen LogP contribution in [-0.4, -0.2) is 0 Å². The van der Waals surface area contributed by atoms with Crippen LogP contribution in [0.15, 0.2) is 108 Å². The lowest BCUT2D eigenvalue weighted by molar-refractivity contribution is 0.762. The van der Waals surface area contributed by atoms with Gasteiger partial charge in [0.15, 0.2) is 0 Å². The van der Waals surface area contributed by atoms with Crippen molar-refractivity contribution in [2.24, 2.45) is 11.8 Å². The molecule has 3 rings (SSSR count). The summed E-state index contributed by atoms with van der Waals surface area (Å²) in [6.45, 7) is 6.39. The van der Waals surface area contributed by atoms with Gasteiger partial charge in [-0.25, -0.2) is 0 Å². The van der Waals surface area contributed by atoms with Crippen LogP contribution in [0.4, 0.5) is 0 Å². The van der Waals surface area contributed by atoms with E-state index < -0.39 is 0 Å². The van der Waals surface area contributed by atoms with E-state index in [1.54, 1.807) is 0 Å². The van der Waals surface area contributed by atoms with Crippen molar-refractivity contribution >= 4 is 5.57 Å². The largest absolute Gasteiger partial charge is 0.198 e. The highest BCUT2D eigenvalue weighted by atomic mass is 14.3. The summed E-state index contributed by atoms with van der Waals surface area (Å²) in [6, 6.07) is 14.6. The number of rotatable bonds is 5. The monoisotopic (exact) mass is 376 g/mol. The number of nitrogens with zero attached hydrogens (tertiary/aromatic N) is 2. The van der Waals surface area contributed by atoms with Crippen LogP contribution in [0.2, 0.25) is 0 Å². The molecular formula is C27H24N2. The van der Waals surface area contributed by atoms with Crippen molar-refractivity contribution < 1.29 is 0 Å². The first-order valence-electron chi connectivity index (χ1n) is 9.81. The van der Waals surface area contributed by atoms with Crippen molar-refractivity contribution in [1.82, 2.24) is 0 Å². The van der Waals surface area contributed by atoms with Crippen LogP contribution in [0.1, 0.15) is 25.3 Å². The Morgan fingerprint density at radius 2 is 1.83 bits per heavy atom. The summed E-state index contributed by atoms with van der Waals surface area (Å²) >= 11 is 0. The maximum atomic E-state index is 9.16. The van der Waals surface area contributed by atoms with Crippen LogP contribution in [0, 0.1) is 34.5 Å². The Balaban J connectivity index is 1.92. The average molecular weight is 377 g/mol. The molecule has 0 radical (unpaired) electrons. The second kappa shape index (κ2) is 9.54. The Kier molecular flexibility index (Phi) is 6.62. The van der Waals surface area contributed by atoms with E-state index in [9.17, 15) is 0 Å². The summed E-state index contributed by atoms with van der Waals surface area (Å²) in [4.78, 5) is 0. The molecule has 2 aliphatic rings. The molecule has 2 nitrogen and oxygen atoms in total. The molecule has 0 aliphatic heterocycles. The Hall–Kier alpha value is -3.62. The van der Waals surface area contributed by atoms with Gasteiger partial charge in [0.25, 0.3) is 0 Å². The van der Waals surface area contributed by atoms with Gasteiger partial charge in [-0.15, -0.1) is 0 Å². The van der Waals surface area contributed by atoms with Gasteiger partial charge in [-0.05, 0) is 54.2 Å². The second-order valence-electron chi connectivity index (χ2n) is 7.34. The summed E-state index contributed by atoms with van der Waals surface area (Å²) in [6.07, 6.45) is 18.0. The fraction of sp³-hybridized carbons (Fsp3) is 0.185. The highest BCUT2D eigenvalue weighted by Crippen LogP contribution is 2.29. The summed E-state index contributed by atoms with van der Waals surface area (Å²) in [5.74, 6) is 0.221. The predicted octanol–water partition coefficient (Wildman–Crippen LogP) is 6.62. The Bertz CT molecular complexity index is 1040. The summed E-state index contributed by atoms with van der Waals surface area (Å²) in [5.41, 5.74) is 6.20. The Labute approximate surface area is 173 Å². The molecule has 2 aliphatic carbocycles. The third-order valence-electron chi connectivity index (χ3n) is 5.27. The van der Waals surface area contributed by atoms with E-state index in [0.717, 1.165) is 40.7 Å². The van der Waals surface area contributed by atoms with E-state index in [0.29, 0.717) is 0 Å². The number of allylic oxidation sites excluding steroid dienone is 13. The molecule has 0 bridgehead atoms. The number of hydrogen-bond donors (Lipinski definition) is 0. The second-order valence-corrected chi connectivity index (χ2v) is 7.34. The summed E-state index contributed by atoms with van der Waals surface area (Å²) < 4.78 is 0. The van der Waals surface area contributed by atoms with Crippen LogP contribution in [0.3, 0.4) is 0 Å². The maximum absolute atomic E-state index is 9.16. The van der Waals surface area contributed by atoms with Crippen molar-refractivity contribution in [3.8, 4) is 12.1 Å². The quantitative estimate of drug-likeness (QED) is 0.542. The molecule has 0 amide bonds. The molecule has 0 saturated heterocycles. The first kappa shape index (κ1) is 20.1. The summed E-state index contributed by atoms with van der Waals surface area (Å²) in [5, 5.41) is 18.2. The van der Waals surface area contributed by atoms with Gasteiger partial charge in [0.2, 0.25) is 0 Å². The number of nitriles is 2. The third-order valence-corrected chi connectivity index (χ3v) is 5.27. The topological polar surface area (TPSA) is 47.6 Å². The van der Waals surface area contributed by atoms with E-state index in [2.05, 4.69) is 62.1 Å². The molecule has 1 aromatic carbocycles. The summed E-state index contributed by atoms with van der Waals surface area (Å²) in [7, 11) is 0. The first-order chi connectivity index (χ1) is 14.1. The average Bonchev–Trinajstić information content (AvgIpc) is 2.79. The molecule has 0 spiro atoms. The maximum Gasteiger partial charge on any atom is 0.0988 e. The molecule has 142 valence electrons. The van der Waals surface area contributed by atoms with Crippen molar-refractivity contribution in [2.75, 3.05) is 0 Å². The highest BCUT2D eigenvalue weighted by molar-refractivity contribution is 5.75. The normalized spacial score (nSPS) is 21.6. The fourth-order valence-electron chi connectivity index (χ4n) is 3.46. The number of benzene rings is 1. The molecule has 0 fully saturated rings. The standard InChI is InChI=1S/C27H24N2/c1-20(24-6-4-3-5-7-24)16-27(26-14-10-23(19-29)11-15-26)17-21(2)25-12-8-22(18-28)9-13-25/h3-10,12,14-17,23,25H,1,11,13H2,2H3/b21-17+,27-16+. The zero-order chi connectivity index (χ0) is 20.6. The Morgan fingerprint density at radius 3 is 2.41 bits per heavy atom. The lowest BCUT2D eigenvalue weighted by Crippen LogP contribution is -2.03. The molecular weight excluding hydrogens is 352 g/mol. The van der Waals surface area contributed by atoms with Crippen molar-refractivity contribution in [3.05, 3.63) is 113 Å². The predicted molar refractivity (Wildman–Crippen MR) is 119 cm³/mol. The zero-order valence-corrected chi connectivity index (χ0v) is 16.7. The Morgan fingerprint density at radius 1 is 1.03 bits per heavy atom. The van der Waals surface area contributed by atoms with Gasteiger partial charge in [-0.2, -0.15) is 10.5 Å². The minimum absolute atomic E-state index is 0.0572. The lowest BCUT2D eigenvalue weighted by atomic mass is 9.87. The van der Waals surface area contributed by atoms with E-state index in [1.165, 1.54) is 5.57 Å². The van der Waals surface area contributed by atoms with E-state index >= 15 is 0 Å². The SMILES string of the molecule is C=C(/C=C(\C=C(/C)C1C=CC(C#N)=CC1)C1=CCC(C#N)C=C1)c1ccccc1. The van der Waals surface area contributed by atoms with Crippen molar-refractivity contribution in [1.29, 1.82) is 10.5 Å². The van der Waals surface area contributed by atoms with Crippen LogP contribution in [-0.2, 0) is 0 Å². The minimum atomic E-state index is -0.0572. The molecule has 2 heteroatoms. The first-order valence-corrected chi connectivity index (χ1v) is 9.81. The molecule has 0 saturated carbocycles. The lowest BCUT2D eigenvalue weighted by Gasteiger charge is -2.18. The van der Waals surface area contributed by atoms with Gasteiger partial charge in [-0.1, -0.05) is 78.9 Å². The van der Waals surface area contributed by atoms with Gasteiger partial charge in [0.1, 0.15) is 0 Å². The van der Waals surface area contributed by atoms with Gasteiger partial charge in [-0.3, -0.25) is 0 Å². The minimum Gasteiger partial charge on any atom is -0.198 e. The van der Waals surface area contributed by atoms with Gasteiger partial charge in [0.05, 0.1) is 18.1 Å². The molecule has 0 heterocycles. The fourth-order valence-corrected chi connectivity index (χ4v) is 3.46. The molecule has 29 heavy (non-hydrogen) atoms. The van der Waals surface area contributed by atoms with Crippen molar-refractivity contribution in [3.63, 3.8) is 0 Å². The van der Waals surface area contributed by atoms with E-state index in [1.807, 2.05) is 42.5 Å². The zero-order valence-electron chi connectivity index (χ0n) is 16.7. The van der Waals surface area contributed by atoms with Crippen LogP contribution in [0.5, 0.6) is 0 Å². The van der Waals surface area contributed by atoms with Crippen LogP contribution < -0.4 is 0 Å². The van der Waals surface area contributed by atoms with E-state index in [4.69, 9.17) is 10.5 Å². The molecule has 2 unspecified atom stereocenters. The van der Waals surface area contributed by atoms with Crippen molar-refractivity contribution in [2.45, 2.75) is 19.8 Å². The highest BCUT2D eigenvalue weighted by Gasteiger charge is 2.14. The van der Waals surface area contributed by atoms with Gasteiger partial charge in [0, 0.05) is 11.5 Å². The molecule has 0 N–H and O–H groups in total. The van der Waals surface area contributed by atoms with Gasteiger partial charge < -0.3 is 0 Å². The third kappa shape index (κ3) is 5.22. The van der Waals surface area contributed by atoms with Crippen LogP contribution >= 0.6 is 0 Å². The molecule has 2 atom stereocenters. The number of hydrogen-bond acceptors (Lipinski definition) is 2. The van der Waals surface area contributed by atoms with E-state index in [-0.39, 0.29) is 11.8 Å². The molecule has 1 aromatic rings. The van der Waals surface area contributed by atoms with Crippen LogP contribution in [0.25, 0.3) is 5.57 Å². The van der Waals surface area contributed by atoms with Gasteiger partial charge >= 0.3 is 0 Å². The molecule has 0 aromatic heterocycles. The smallest absolute Gasteiger partial charge is 0.0988 e.